The number of anilines is 3. The van der Waals surface area contributed by atoms with Gasteiger partial charge in [-0.1, -0.05) is 25.5 Å². The van der Waals surface area contributed by atoms with Crippen molar-refractivity contribution in [2.45, 2.75) is 19.8 Å². The highest BCUT2D eigenvalue weighted by atomic mass is 32.2. The number of nitrogens with zero attached hydrogens (tertiary/aromatic N) is 2. The van der Waals surface area contributed by atoms with Crippen LogP contribution in [0.3, 0.4) is 0 Å². The van der Waals surface area contributed by atoms with Crippen molar-refractivity contribution in [3.8, 4) is 0 Å². The highest BCUT2D eigenvalue weighted by molar-refractivity contribution is 7.92. The normalized spacial score (nSPS) is 11.2. The number of rotatable bonds is 7. The van der Waals surface area contributed by atoms with E-state index in [1.807, 2.05) is 6.92 Å². The number of unbranched alkanes of at least 4 members (excludes halogenated alkanes) is 1. The van der Waals surface area contributed by atoms with E-state index in [1.165, 1.54) is 18.2 Å². The van der Waals surface area contributed by atoms with Gasteiger partial charge in [-0.15, -0.1) is 10.2 Å². The third-order valence-electron chi connectivity index (χ3n) is 2.83. The minimum Gasteiger partial charge on any atom is -0.336 e. The van der Waals surface area contributed by atoms with Crippen molar-refractivity contribution in [2.24, 2.45) is 0 Å². The molecule has 0 amide bonds. The second kappa shape index (κ2) is 7.17. The van der Waals surface area contributed by atoms with Crippen molar-refractivity contribution < 1.29 is 12.8 Å². The van der Waals surface area contributed by atoms with E-state index in [0.29, 0.717) is 12.2 Å². The molecule has 0 bridgehead atoms. The Morgan fingerprint density at radius 3 is 2.41 bits per heavy atom. The van der Waals surface area contributed by atoms with Gasteiger partial charge in [0.15, 0.2) is 11.6 Å². The maximum absolute atomic E-state index is 13.5. The lowest BCUT2D eigenvalue weighted by Crippen LogP contribution is -2.17. The number of para-hydroxylation sites is 1. The molecule has 0 fully saturated rings. The van der Waals surface area contributed by atoms with Gasteiger partial charge in [0.25, 0.3) is 0 Å². The van der Waals surface area contributed by atoms with Crippen LogP contribution in [0.25, 0.3) is 0 Å². The molecular weight excluding hydrogens is 307 g/mol. The number of halogens is 1. The van der Waals surface area contributed by atoms with Crippen LogP contribution in [-0.4, -0.2) is 24.4 Å². The van der Waals surface area contributed by atoms with Crippen molar-refractivity contribution >= 4 is 27.3 Å². The van der Waals surface area contributed by atoms with Gasteiger partial charge in [0, 0.05) is 0 Å². The van der Waals surface area contributed by atoms with E-state index < -0.39 is 15.8 Å². The predicted molar refractivity (Wildman–Crippen MR) is 84.0 cm³/mol. The zero-order valence-electron chi connectivity index (χ0n) is 12.1. The summed E-state index contributed by atoms with van der Waals surface area (Å²) in [6, 6.07) is 9.16. The van der Waals surface area contributed by atoms with Crippen molar-refractivity contribution in [1.29, 1.82) is 0 Å². The molecule has 8 heteroatoms. The van der Waals surface area contributed by atoms with Gasteiger partial charge >= 0.3 is 0 Å². The number of hydrogen-bond donors (Lipinski definition) is 2. The summed E-state index contributed by atoms with van der Waals surface area (Å²) >= 11 is 0. The van der Waals surface area contributed by atoms with Crippen molar-refractivity contribution in [3.05, 3.63) is 42.2 Å². The van der Waals surface area contributed by atoms with Gasteiger partial charge in [-0.2, -0.15) is 0 Å². The summed E-state index contributed by atoms with van der Waals surface area (Å²) in [5, 5.41) is 10.4. The van der Waals surface area contributed by atoms with Crippen molar-refractivity contribution in [3.63, 3.8) is 0 Å². The van der Waals surface area contributed by atoms with Crippen LogP contribution in [0.5, 0.6) is 0 Å². The molecule has 0 aliphatic heterocycles. The molecule has 6 nitrogen and oxygen atoms in total. The van der Waals surface area contributed by atoms with Gasteiger partial charge in [-0.05, 0) is 30.7 Å². The van der Waals surface area contributed by atoms with Crippen LogP contribution in [0, 0.1) is 5.82 Å². The lowest BCUT2D eigenvalue weighted by atomic mass is 10.3. The summed E-state index contributed by atoms with van der Waals surface area (Å²) in [5.74, 6) is 0.0888. The van der Waals surface area contributed by atoms with Crippen LogP contribution in [0.2, 0.25) is 0 Å². The van der Waals surface area contributed by atoms with E-state index in [-0.39, 0.29) is 17.3 Å². The van der Waals surface area contributed by atoms with Crippen molar-refractivity contribution in [2.75, 3.05) is 15.8 Å². The Labute approximate surface area is 128 Å². The first-order chi connectivity index (χ1) is 10.5. The third-order valence-corrected chi connectivity index (χ3v) is 4.17. The summed E-state index contributed by atoms with van der Waals surface area (Å²) in [6.45, 7) is 1.92. The van der Waals surface area contributed by atoms with Crippen molar-refractivity contribution in [1.82, 2.24) is 10.2 Å². The maximum atomic E-state index is 13.5. The molecule has 1 aromatic heterocycles. The molecule has 0 aliphatic rings. The second-order valence-corrected chi connectivity index (χ2v) is 6.53. The van der Waals surface area contributed by atoms with Gasteiger partial charge in [0.2, 0.25) is 10.0 Å². The fourth-order valence-corrected chi connectivity index (χ4v) is 2.90. The molecule has 22 heavy (non-hydrogen) atoms. The number of benzene rings is 1. The Kier molecular flexibility index (Phi) is 5.26. The van der Waals surface area contributed by atoms with E-state index >= 15 is 0 Å². The average molecular weight is 324 g/mol. The summed E-state index contributed by atoms with van der Waals surface area (Å²) in [7, 11) is -3.41. The molecule has 2 rings (SSSR count). The Morgan fingerprint density at radius 1 is 1.09 bits per heavy atom. The zero-order valence-corrected chi connectivity index (χ0v) is 12.9. The van der Waals surface area contributed by atoms with E-state index in [2.05, 4.69) is 20.2 Å². The van der Waals surface area contributed by atoms with Crippen LogP contribution in [-0.2, 0) is 10.0 Å². The van der Waals surface area contributed by atoms with Gasteiger partial charge in [-0.25, -0.2) is 12.8 Å². The first-order valence-electron chi connectivity index (χ1n) is 6.86. The first-order valence-corrected chi connectivity index (χ1v) is 8.51. The van der Waals surface area contributed by atoms with Gasteiger partial charge in [-0.3, -0.25) is 4.72 Å². The number of hydrogen-bond acceptors (Lipinski definition) is 5. The molecule has 0 unspecified atom stereocenters. The lowest BCUT2D eigenvalue weighted by molar-refractivity contribution is 0.597. The summed E-state index contributed by atoms with van der Waals surface area (Å²) in [5.41, 5.74) is 0.271. The van der Waals surface area contributed by atoms with Gasteiger partial charge in [0.05, 0.1) is 11.4 Å². The predicted octanol–water partition coefficient (Wildman–Crippen LogP) is 2.90. The Morgan fingerprint density at radius 2 is 1.77 bits per heavy atom. The van der Waals surface area contributed by atoms with Gasteiger partial charge < -0.3 is 5.32 Å². The van der Waals surface area contributed by atoms with Crippen LogP contribution >= 0.6 is 0 Å². The van der Waals surface area contributed by atoms with Crippen LogP contribution in [0.1, 0.15) is 19.8 Å². The Hall–Kier alpha value is -2.22. The fourth-order valence-electron chi connectivity index (χ4n) is 1.70. The molecule has 1 aromatic carbocycles. The minimum atomic E-state index is -3.41. The van der Waals surface area contributed by atoms with E-state index in [9.17, 15) is 12.8 Å². The monoisotopic (exact) mass is 324 g/mol. The van der Waals surface area contributed by atoms with Crippen LogP contribution < -0.4 is 10.0 Å². The molecule has 1 heterocycles. The molecule has 0 aliphatic carbocycles. The highest BCUT2D eigenvalue weighted by Crippen LogP contribution is 2.18. The molecule has 0 atom stereocenters. The molecule has 2 N–H and O–H groups in total. The lowest BCUT2D eigenvalue weighted by Gasteiger charge is -2.08. The molecule has 0 spiro atoms. The van der Waals surface area contributed by atoms with E-state index in [0.717, 1.165) is 6.42 Å². The third kappa shape index (κ3) is 4.66. The summed E-state index contributed by atoms with van der Waals surface area (Å²) in [6.07, 6.45) is 1.37. The maximum Gasteiger partial charge on any atom is 0.233 e. The SMILES string of the molecule is CCCCS(=O)(=O)Nc1ccc(Nc2ccccc2F)nn1. The molecule has 0 radical (unpaired) electrons. The fraction of sp³-hybridized carbons (Fsp3) is 0.286. The quantitative estimate of drug-likeness (QED) is 0.818. The van der Waals surface area contributed by atoms with E-state index in [1.54, 1.807) is 18.2 Å². The minimum absolute atomic E-state index is 0.0421. The van der Waals surface area contributed by atoms with Crippen LogP contribution in [0.4, 0.5) is 21.7 Å². The number of nitrogens with one attached hydrogen (secondary N) is 2. The second-order valence-electron chi connectivity index (χ2n) is 4.68. The summed E-state index contributed by atoms with van der Waals surface area (Å²) < 4.78 is 39.3. The molecular formula is C14H17FN4O2S. The number of sulfonamides is 1. The Bertz CT molecular complexity index is 720. The molecule has 118 valence electrons. The zero-order chi connectivity index (χ0) is 16.0. The molecule has 0 saturated heterocycles. The largest absolute Gasteiger partial charge is 0.336 e. The number of aromatic nitrogens is 2. The topological polar surface area (TPSA) is 84.0 Å². The average Bonchev–Trinajstić information content (AvgIpc) is 2.49. The highest BCUT2D eigenvalue weighted by Gasteiger charge is 2.11. The molecule has 0 saturated carbocycles. The first kappa shape index (κ1) is 16.2. The smallest absolute Gasteiger partial charge is 0.233 e. The van der Waals surface area contributed by atoms with Crippen LogP contribution in [0.15, 0.2) is 36.4 Å². The Balaban J connectivity index is 2.03. The van der Waals surface area contributed by atoms with Gasteiger partial charge in [0.1, 0.15) is 5.82 Å². The molecule has 2 aromatic rings. The standard InChI is InChI=1S/C14H17FN4O2S/c1-2-3-10-22(20,21)19-14-9-8-13(17-18-14)16-12-7-5-4-6-11(12)15/h4-9H,2-3,10H2,1H3,(H,16,17)(H,18,19). The summed E-state index contributed by atoms with van der Waals surface area (Å²) in [4.78, 5) is 0. The van der Waals surface area contributed by atoms with E-state index in [4.69, 9.17) is 0 Å².